The molecule has 22 heavy (non-hydrogen) atoms. The van der Waals surface area contributed by atoms with Gasteiger partial charge in [-0.05, 0) is 25.7 Å². The van der Waals surface area contributed by atoms with Gasteiger partial charge in [-0.3, -0.25) is 19.6 Å². The van der Waals surface area contributed by atoms with Crippen LogP contribution < -0.4 is 5.32 Å². The highest BCUT2D eigenvalue weighted by atomic mass is 16.6. The molecule has 2 N–H and O–H groups in total. The lowest BCUT2D eigenvalue weighted by Crippen LogP contribution is -2.35. The number of aliphatic hydroxyl groups excluding tert-OH is 1. The highest BCUT2D eigenvalue weighted by Crippen LogP contribution is 2.22. The van der Waals surface area contributed by atoms with Crippen LogP contribution in [0.2, 0.25) is 0 Å². The number of aromatic nitrogens is 2. The molecule has 0 aliphatic heterocycles. The number of amides is 1. The van der Waals surface area contributed by atoms with Crippen LogP contribution in [0, 0.1) is 29.4 Å². The number of nitrogens with one attached hydrogen (secondary N) is 1. The third-order valence-electron chi connectivity index (χ3n) is 3.63. The van der Waals surface area contributed by atoms with Crippen LogP contribution >= 0.6 is 0 Å². The van der Waals surface area contributed by atoms with E-state index >= 15 is 0 Å². The first-order valence-electron chi connectivity index (χ1n) is 7.24. The van der Waals surface area contributed by atoms with Gasteiger partial charge in [-0.15, -0.1) is 0 Å². The molecule has 0 spiro atoms. The Kier molecular flexibility index (Phi) is 6.04. The average Bonchev–Trinajstić information content (AvgIpc) is 2.68. The molecule has 0 radical (unpaired) electrons. The number of nitrogens with zero attached hydrogens (tertiary/aromatic N) is 3. The van der Waals surface area contributed by atoms with Crippen LogP contribution in [0.1, 0.15) is 38.1 Å². The molecule has 124 valence electrons. The van der Waals surface area contributed by atoms with Gasteiger partial charge in [-0.2, -0.15) is 5.10 Å². The number of hydrogen-bond donors (Lipinski definition) is 2. The van der Waals surface area contributed by atoms with E-state index in [4.69, 9.17) is 5.11 Å². The fraction of sp³-hybridized carbons (Fsp3) is 0.714. The molecule has 0 aliphatic carbocycles. The van der Waals surface area contributed by atoms with Crippen molar-refractivity contribution in [3.05, 3.63) is 21.5 Å². The smallest absolute Gasteiger partial charge is 0.312 e. The summed E-state index contributed by atoms with van der Waals surface area (Å²) in [7, 11) is 0. The number of rotatable bonds is 8. The number of aliphatic hydroxyl groups is 1. The van der Waals surface area contributed by atoms with Crippen LogP contribution in [0.5, 0.6) is 0 Å². The van der Waals surface area contributed by atoms with Gasteiger partial charge in [-0.1, -0.05) is 13.8 Å². The SMILES string of the molecule is Cc1nn(CCC(=O)NCC(C)(C)CCO)c(C)c1[N+](=O)[O-]. The predicted molar refractivity (Wildman–Crippen MR) is 81.5 cm³/mol. The van der Waals surface area contributed by atoms with Gasteiger partial charge in [0.05, 0.1) is 11.5 Å². The number of hydrogen-bond acceptors (Lipinski definition) is 5. The molecule has 0 fully saturated rings. The van der Waals surface area contributed by atoms with E-state index in [0.717, 1.165) is 0 Å². The van der Waals surface area contributed by atoms with E-state index in [9.17, 15) is 14.9 Å². The van der Waals surface area contributed by atoms with E-state index in [1.165, 1.54) is 4.68 Å². The molecule has 8 nitrogen and oxygen atoms in total. The van der Waals surface area contributed by atoms with Crippen molar-refractivity contribution in [2.24, 2.45) is 5.41 Å². The van der Waals surface area contributed by atoms with E-state index < -0.39 is 4.92 Å². The molecule has 0 aliphatic rings. The summed E-state index contributed by atoms with van der Waals surface area (Å²) in [4.78, 5) is 22.3. The minimum atomic E-state index is -0.453. The van der Waals surface area contributed by atoms with Gasteiger partial charge in [0.15, 0.2) is 0 Å². The predicted octanol–water partition coefficient (Wildman–Crippen LogP) is 1.32. The van der Waals surface area contributed by atoms with Crippen molar-refractivity contribution in [3.8, 4) is 0 Å². The van der Waals surface area contributed by atoms with Crippen molar-refractivity contribution in [2.45, 2.75) is 47.1 Å². The number of carbonyl (C=O) groups is 1. The molecule has 1 amide bonds. The average molecular weight is 312 g/mol. The lowest BCUT2D eigenvalue weighted by molar-refractivity contribution is -0.386. The maximum atomic E-state index is 11.9. The Morgan fingerprint density at radius 1 is 1.45 bits per heavy atom. The molecule has 0 aromatic carbocycles. The molecular weight excluding hydrogens is 288 g/mol. The second-order valence-corrected chi connectivity index (χ2v) is 6.16. The molecule has 1 aromatic rings. The first-order valence-corrected chi connectivity index (χ1v) is 7.24. The lowest BCUT2D eigenvalue weighted by Gasteiger charge is -2.23. The van der Waals surface area contributed by atoms with Crippen molar-refractivity contribution in [2.75, 3.05) is 13.2 Å². The topological polar surface area (TPSA) is 110 Å². The quantitative estimate of drug-likeness (QED) is 0.555. The van der Waals surface area contributed by atoms with E-state index in [-0.39, 0.29) is 30.0 Å². The summed E-state index contributed by atoms with van der Waals surface area (Å²) in [6, 6.07) is 0. The number of nitro groups is 1. The van der Waals surface area contributed by atoms with Gasteiger partial charge in [0.2, 0.25) is 5.91 Å². The normalized spacial score (nSPS) is 11.5. The van der Waals surface area contributed by atoms with Crippen molar-refractivity contribution >= 4 is 11.6 Å². The van der Waals surface area contributed by atoms with Crippen LogP contribution in [-0.4, -0.2) is 38.9 Å². The fourth-order valence-corrected chi connectivity index (χ4v) is 2.19. The standard InChI is InChI=1S/C14H24N4O4/c1-10-13(18(21)22)11(2)17(16-10)7-5-12(20)15-9-14(3,4)6-8-19/h19H,5-9H2,1-4H3,(H,15,20). The Balaban J connectivity index is 2.55. The second kappa shape index (κ2) is 7.35. The zero-order chi connectivity index (χ0) is 16.9. The molecule has 0 bridgehead atoms. The molecule has 8 heteroatoms. The van der Waals surface area contributed by atoms with E-state index in [1.807, 2.05) is 13.8 Å². The maximum Gasteiger partial charge on any atom is 0.312 e. The van der Waals surface area contributed by atoms with Gasteiger partial charge in [0.1, 0.15) is 11.4 Å². The zero-order valence-electron chi connectivity index (χ0n) is 13.5. The molecule has 0 saturated carbocycles. The summed E-state index contributed by atoms with van der Waals surface area (Å²) >= 11 is 0. The maximum absolute atomic E-state index is 11.9. The summed E-state index contributed by atoms with van der Waals surface area (Å²) in [5.41, 5.74) is 0.647. The minimum absolute atomic E-state index is 0.00415. The van der Waals surface area contributed by atoms with E-state index in [0.29, 0.717) is 30.9 Å². The molecule has 0 unspecified atom stereocenters. The first kappa shape index (κ1) is 18.1. The summed E-state index contributed by atoms with van der Waals surface area (Å²) in [5, 5.41) is 26.8. The monoisotopic (exact) mass is 312 g/mol. The Labute approximate surface area is 129 Å². The third-order valence-corrected chi connectivity index (χ3v) is 3.63. The van der Waals surface area contributed by atoms with Crippen molar-refractivity contribution in [1.29, 1.82) is 0 Å². The van der Waals surface area contributed by atoms with Gasteiger partial charge in [0.25, 0.3) is 0 Å². The molecule has 0 saturated heterocycles. The molecule has 1 heterocycles. The molecular formula is C14H24N4O4. The Bertz CT molecular complexity index is 551. The van der Waals surface area contributed by atoms with Gasteiger partial charge in [0, 0.05) is 19.6 Å². The third kappa shape index (κ3) is 4.80. The van der Waals surface area contributed by atoms with Crippen molar-refractivity contribution in [3.63, 3.8) is 0 Å². The van der Waals surface area contributed by atoms with Crippen molar-refractivity contribution in [1.82, 2.24) is 15.1 Å². The van der Waals surface area contributed by atoms with Gasteiger partial charge in [-0.25, -0.2) is 0 Å². The van der Waals surface area contributed by atoms with E-state index in [2.05, 4.69) is 10.4 Å². The van der Waals surface area contributed by atoms with Crippen LogP contribution in [0.4, 0.5) is 5.69 Å². The van der Waals surface area contributed by atoms with Crippen LogP contribution in [0.3, 0.4) is 0 Å². The number of aryl methyl sites for hydroxylation is 2. The number of carbonyl (C=O) groups excluding carboxylic acids is 1. The second-order valence-electron chi connectivity index (χ2n) is 6.16. The molecule has 1 rings (SSSR count). The molecule has 1 aromatic heterocycles. The Morgan fingerprint density at radius 3 is 2.59 bits per heavy atom. The highest BCUT2D eigenvalue weighted by molar-refractivity contribution is 5.75. The Morgan fingerprint density at radius 2 is 2.09 bits per heavy atom. The largest absolute Gasteiger partial charge is 0.396 e. The first-order chi connectivity index (χ1) is 10.2. The lowest BCUT2D eigenvalue weighted by atomic mass is 9.90. The van der Waals surface area contributed by atoms with Crippen LogP contribution in [0.25, 0.3) is 0 Å². The van der Waals surface area contributed by atoms with Gasteiger partial charge >= 0.3 is 5.69 Å². The van der Waals surface area contributed by atoms with Gasteiger partial charge < -0.3 is 10.4 Å². The summed E-state index contributed by atoms with van der Waals surface area (Å²) in [6.07, 6.45) is 0.811. The summed E-state index contributed by atoms with van der Waals surface area (Å²) < 4.78 is 1.49. The minimum Gasteiger partial charge on any atom is -0.396 e. The fourth-order valence-electron chi connectivity index (χ4n) is 2.19. The van der Waals surface area contributed by atoms with E-state index in [1.54, 1.807) is 13.8 Å². The summed E-state index contributed by atoms with van der Waals surface area (Å²) in [5.74, 6) is -0.138. The zero-order valence-corrected chi connectivity index (χ0v) is 13.5. The highest BCUT2D eigenvalue weighted by Gasteiger charge is 2.22. The molecule has 0 atom stereocenters. The van der Waals surface area contributed by atoms with Crippen LogP contribution in [0.15, 0.2) is 0 Å². The van der Waals surface area contributed by atoms with Crippen molar-refractivity contribution < 1.29 is 14.8 Å². The van der Waals surface area contributed by atoms with Crippen LogP contribution in [-0.2, 0) is 11.3 Å². The Hall–Kier alpha value is -1.96. The summed E-state index contributed by atoms with van der Waals surface area (Å²) in [6.45, 7) is 8.00.